The first-order chi connectivity index (χ1) is 8.08. The maximum atomic E-state index is 11.4. The molecule has 0 fully saturated rings. The Morgan fingerprint density at radius 3 is 2.94 bits per heavy atom. The third kappa shape index (κ3) is 6.06. The van der Waals surface area contributed by atoms with E-state index < -0.39 is 0 Å². The van der Waals surface area contributed by atoms with E-state index in [2.05, 4.69) is 34.4 Å². The highest BCUT2D eigenvalue weighted by Crippen LogP contribution is 2.05. The van der Waals surface area contributed by atoms with Crippen LogP contribution in [0.3, 0.4) is 0 Å². The van der Waals surface area contributed by atoms with Gasteiger partial charge in [-0.15, -0.1) is 0 Å². The first-order valence-electron chi connectivity index (χ1n) is 5.57. The Labute approximate surface area is 106 Å². The maximum Gasteiger partial charge on any atom is 0.224 e. The van der Waals surface area contributed by atoms with Crippen LogP contribution in [-0.2, 0) is 4.79 Å². The molecule has 1 amide bonds. The molecule has 1 aromatic heterocycles. The molecule has 94 valence electrons. The summed E-state index contributed by atoms with van der Waals surface area (Å²) in [5.74, 6) is 1.13. The Morgan fingerprint density at radius 2 is 2.29 bits per heavy atom. The molecule has 0 saturated heterocycles. The van der Waals surface area contributed by atoms with Crippen molar-refractivity contribution in [1.82, 2.24) is 15.3 Å². The van der Waals surface area contributed by atoms with E-state index >= 15 is 0 Å². The number of carbonyl (C=O) groups excluding carboxylic acids is 1. The van der Waals surface area contributed by atoms with Gasteiger partial charge in [-0.25, -0.2) is 9.97 Å². The summed E-state index contributed by atoms with van der Waals surface area (Å²) in [4.78, 5) is 19.1. The molecule has 0 radical (unpaired) electrons. The zero-order chi connectivity index (χ0) is 12.7. The Kier molecular flexibility index (Phi) is 5.69. The van der Waals surface area contributed by atoms with Crippen molar-refractivity contribution in [3.05, 3.63) is 17.5 Å². The topological polar surface area (TPSA) is 66.9 Å². The van der Waals surface area contributed by atoms with Gasteiger partial charge in [-0.3, -0.25) is 4.79 Å². The van der Waals surface area contributed by atoms with E-state index in [0.717, 1.165) is 0 Å². The highest BCUT2D eigenvalue weighted by molar-refractivity contribution is 6.28. The van der Waals surface area contributed by atoms with Crippen LogP contribution in [0.4, 0.5) is 5.82 Å². The fourth-order valence-electron chi connectivity index (χ4n) is 1.14. The van der Waals surface area contributed by atoms with Crippen LogP contribution in [0.25, 0.3) is 0 Å². The molecule has 5 nitrogen and oxygen atoms in total. The van der Waals surface area contributed by atoms with Crippen molar-refractivity contribution in [2.75, 3.05) is 18.4 Å². The van der Waals surface area contributed by atoms with Gasteiger partial charge in [-0.05, 0) is 23.6 Å². The predicted molar refractivity (Wildman–Crippen MR) is 68.0 cm³/mol. The van der Waals surface area contributed by atoms with E-state index in [0.29, 0.717) is 31.2 Å². The quantitative estimate of drug-likeness (QED) is 0.761. The van der Waals surface area contributed by atoms with E-state index in [4.69, 9.17) is 11.6 Å². The van der Waals surface area contributed by atoms with Gasteiger partial charge in [-0.1, -0.05) is 13.8 Å². The molecule has 17 heavy (non-hydrogen) atoms. The maximum absolute atomic E-state index is 11.4. The molecule has 1 heterocycles. The van der Waals surface area contributed by atoms with Gasteiger partial charge < -0.3 is 10.6 Å². The number of hydrogen-bond donors (Lipinski definition) is 2. The van der Waals surface area contributed by atoms with Crippen molar-refractivity contribution in [2.45, 2.75) is 20.3 Å². The molecule has 2 N–H and O–H groups in total. The Bertz CT molecular complexity index is 370. The lowest BCUT2D eigenvalue weighted by Gasteiger charge is -2.08. The number of nitrogens with zero attached hydrogens (tertiary/aromatic N) is 2. The van der Waals surface area contributed by atoms with Gasteiger partial charge in [0.2, 0.25) is 11.2 Å². The van der Waals surface area contributed by atoms with Crippen LogP contribution < -0.4 is 10.6 Å². The Hall–Kier alpha value is -1.36. The monoisotopic (exact) mass is 256 g/mol. The molecule has 0 aliphatic carbocycles. The van der Waals surface area contributed by atoms with Gasteiger partial charge >= 0.3 is 0 Å². The van der Waals surface area contributed by atoms with Gasteiger partial charge in [-0.2, -0.15) is 0 Å². The fourth-order valence-corrected chi connectivity index (χ4v) is 1.29. The SMILES string of the molecule is CC(C)CNC(=O)CCNc1ccnc(Cl)n1. The summed E-state index contributed by atoms with van der Waals surface area (Å²) in [6.07, 6.45) is 1.98. The summed E-state index contributed by atoms with van der Waals surface area (Å²) in [7, 11) is 0. The molecular weight excluding hydrogens is 240 g/mol. The first kappa shape index (κ1) is 13.7. The first-order valence-corrected chi connectivity index (χ1v) is 5.95. The number of aromatic nitrogens is 2. The smallest absolute Gasteiger partial charge is 0.224 e. The summed E-state index contributed by atoms with van der Waals surface area (Å²) in [5.41, 5.74) is 0. The van der Waals surface area contributed by atoms with Crippen LogP contribution in [0.5, 0.6) is 0 Å². The van der Waals surface area contributed by atoms with Gasteiger partial charge in [0.05, 0.1) is 0 Å². The van der Waals surface area contributed by atoms with Crippen LogP contribution in [-0.4, -0.2) is 29.0 Å². The summed E-state index contributed by atoms with van der Waals surface area (Å²) >= 11 is 5.63. The zero-order valence-corrected chi connectivity index (χ0v) is 10.8. The van der Waals surface area contributed by atoms with E-state index in [1.165, 1.54) is 0 Å². The van der Waals surface area contributed by atoms with E-state index in [9.17, 15) is 4.79 Å². The molecule has 1 aromatic rings. The molecule has 0 spiro atoms. The zero-order valence-electron chi connectivity index (χ0n) is 10.0. The molecule has 0 aliphatic heterocycles. The normalized spacial score (nSPS) is 10.4. The van der Waals surface area contributed by atoms with Crippen LogP contribution in [0.2, 0.25) is 5.28 Å². The van der Waals surface area contributed by atoms with E-state index in [-0.39, 0.29) is 11.2 Å². The van der Waals surface area contributed by atoms with Crippen molar-refractivity contribution in [2.24, 2.45) is 5.92 Å². The number of anilines is 1. The van der Waals surface area contributed by atoms with Crippen LogP contribution in [0.15, 0.2) is 12.3 Å². The summed E-state index contributed by atoms with van der Waals surface area (Å²) in [6.45, 7) is 5.35. The van der Waals surface area contributed by atoms with Crippen molar-refractivity contribution in [3.8, 4) is 0 Å². The number of amides is 1. The third-order valence-corrected chi connectivity index (χ3v) is 2.17. The highest BCUT2D eigenvalue weighted by atomic mass is 35.5. The van der Waals surface area contributed by atoms with Crippen LogP contribution >= 0.6 is 11.6 Å². The molecule has 0 aliphatic rings. The lowest BCUT2D eigenvalue weighted by atomic mass is 10.2. The average Bonchev–Trinajstić information content (AvgIpc) is 2.26. The van der Waals surface area contributed by atoms with Crippen LogP contribution in [0.1, 0.15) is 20.3 Å². The van der Waals surface area contributed by atoms with Crippen molar-refractivity contribution in [3.63, 3.8) is 0 Å². The molecule has 0 bridgehead atoms. The lowest BCUT2D eigenvalue weighted by molar-refractivity contribution is -0.120. The second kappa shape index (κ2) is 7.06. The second-order valence-electron chi connectivity index (χ2n) is 4.09. The Balaban J connectivity index is 2.21. The van der Waals surface area contributed by atoms with E-state index in [1.54, 1.807) is 12.3 Å². The molecule has 0 saturated carbocycles. The summed E-state index contributed by atoms with van der Waals surface area (Å²) in [6, 6.07) is 1.71. The molecular formula is C11H17ClN4O. The average molecular weight is 257 g/mol. The lowest BCUT2D eigenvalue weighted by Crippen LogP contribution is -2.28. The predicted octanol–water partition coefficient (Wildman–Crippen LogP) is 1.70. The molecule has 0 aromatic carbocycles. The van der Waals surface area contributed by atoms with Gasteiger partial charge in [0.15, 0.2) is 0 Å². The molecule has 1 rings (SSSR count). The molecule has 6 heteroatoms. The second-order valence-corrected chi connectivity index (χ2v) is 4.42. The standard InChI is InChI=1S/C11H17ClN4O/c1-8(2)7-15-10(17)4-6-13-9-3-5-14-11(12)16-9/h3,5,8H,4,6-7H2,1-2H3,(H,15,17)(H,13,14,16). The van der Waals surface area contributed by atoms with Crippen molar-refractivity contribution in [1.29, 1.82) is 0 Å². The summed E-state index contributed by atoms with van der Waals surface area (Å²) in [5, 5.41) is 6.04. The van der Waals surface area contributed by atoms with Gasteiger partial charge in [0.1, 0.15) is 5.82 Å². The number of nitrogens with one attached hydrogen (secondary N) is 2. The third-order valence-electron chi connectivity index (χ3n) is 1.99. The van der Waals surface area contributed by atoms with Gasteiger partial charge in [0, 0.05) is 25.7 Å². The van der Waals surface area contributed by atoms with Crippen molar-refractivity contribution >= 4 is 23.3 Å². The largest absolute Gasteiger partial charge is 0.369 e. The van der Waals surface area contributed by atoms with Crippen LogP contribution in [0, 0.1) is 5.92 Å². The number of halogens is 1. The fraction of sp³-hybridized carbons (Fsp3) is 0.545. The minimum absolute atomic E-state index is 0.0337. The number of hydrogen-bond acceptors (Lipinski definition) is 4. The Morgan fingerprint density at radius 1 is 1.53 bits per heavy atom. The minimum atomic E-state index is 0.0337. The highest BCUT2D eigenvalue weighted by Gasteiger charge is 2.02. The molecule has 0 unspecified atom stereocenters. The summed E-state index contributed by atoms with van der Waals surface area (Å²) < 4.78 is 0. The van der Waals surface area contributed by atoms with E-state index in [1.807, 2.05) is 0 Å². The minimum Gasteiger partial charge on any atom is -0.369 e. The van der Waals surface area contributed by atoms with Crippen molar-refractivity contribution < 1.29 is 4.79 Å². The molecule has 0 atom stereocenters. The number of carbonyl (C=O) groups is 1. The number of rotatable bonds is 6. The van der Waals surface area contributed by atoms with Gasteiger partial charge in [0.25, 0.3) is 0 Å².